The van der Waals surface area contributed by atoms with Gasteiger partial charge in [0.25, 0.3) is 0 Å². The van der Waals surface area contributed by atoms with Crippen LogP contribution in [-0.4, -0.2) is 30.8 Å². The first-order valence-corrected chi connectivity index (χ1v) is 6.45. The number of carbonyl (C=O) groups excluding carboxylic acids is 2. The summed E-state index contributed by atoms with van der Waals surface area (Å²) in [5.41, 5.74) is 0.412. The molecule has 1 rings (SSSR count). The fourth-order valence-corrected chi connectivity index (χ4v) is 2.18. The Morgan fingerprint density at radius 3 is 2.58 bits per heavy atom. The van der Waals surface area contributed by atoms with E-state index in [9.17, 15) is 9.59 Å². The molecule has 2 atom stereocenters. The molecule has 0 spiro atoms. The van der Waals surface area contributed by atoms with Gasteiger partial charge in [0.15, 0.2) is 0 Å². The summed E-state index contributed by atoms with van der Waals surface area (Å²) in [6, 6.07) is -0.121. The van der Waals surface area contributed by atoms with E-state index in [0.29, 0.717) is 12.8 Å². The van der Waals surface area contributed by atoms with Crippen LogP contribution in [-0.2, 0) is 14.3 Å². The molecule has 2 unspecified atom stereocenters. The minimum absolute atomic E-state index is 0.121. The number of hydrogen-bond acceptors (Lipinski definition) is 4. The van der Waals surface area contributed by atoms with E-state index in [1.807, 2.05) is 20.8 Å². The Balaban J connectivity index is 2.46. The molecule has 0 aliphatic heterocycles. The van der Waals surface area contributed by atoms with Gasteiger partial charge >= 0.3 is 12.1 Å². The van der Waals surface area contributed by atoms with Crippen LogP contribution in [0.25, 0.3) is 0 Å². The molecular formula is C14H23NO4. The Bertz CT molecular complexity index is 370. The highest BCUT2D eigenvalue weighted by Gasteiger charge is 2.31. The first kappa shape index (κ1) is 15.5. The molecule has 19 heavy (non-hydrogen) atoms. The van der Waals surface area contributed by atoms with Crippen LogP contribution in [0.5, 0.6) is 0 Å². The van der Waals surface area contributed by atoms with Crippen molar-refractivity contribution in [1.82, 2.24) is 5.32 Å². The first-order valence-electron chi connectivity index (χ1n) is 6.45. The predicted molar refractivity (Wildman–Crippen MR) is 71.7 cm³/mol. The van der Waals surface area contributed by atoms with Crippen LogP contribution in [0.1, 0.15) is 40.0 Å². The largest absolute Gasteiger partial charge is 0.469 e. The smallest absolute Gasteiger partial charge is 0.408 e. The average molecular weight is 269 g/mol. The SMILES string of the molecule is C=C1CC(CC(=O)OC)CC1NC(=O)OC(C)(C)C. The molecule has 0 bridgehead atoms. The summed E-state index contributed by atoms with van der Waals surface area (Å²) in [7, 11) is 1.38. The zero-order valence-electron chi connectivity index (χ0n) is 12.1. The van der Waals surface area contributed by atoms with Gasteiger partial charge in [-0.05, 0) is 39.5 Å². The van der Waals surface area contributed by atoms with E-state index in [4.69, 9.17) is 4.74 Å². The highest BCUT2D eigenvalue weighted by atomic mass is 16.6. The van der Waals surface area contributed by atoms with Gasteiger partial charge in [-0.2, -0.15) is 0 Å². The van der Waals surface area contributed by atoms with E-state index in [1.165, 1.54) is 7.11 Å². The average Bonchev–Trinajstić information content (AvgIpc) is 2.56. The zero-order valence-corrected chi connectivity index (χ0v) is 12.1. The molecule has 0 aromatic carbocycles. The molecule has 0 saturated heterocycles. The van der Waals surface area contributed by atoms with Crippen molar-refractivity contribution in [2.75, 3.05) is 7.11 Å². The number of amides is 1. The van der Waals surface area contributed by atoms with Crippen molar-refractivity contribution < 1.29 is 19.1 Å². The van der Waals surface area contributed by atoms with Crippen molar-refractivity contribution in [2.45, 2.75) is 51.7 Å². The Morgan fingerprint density at radius 1 is 1.42 bits per heavy atom. The molecule has 1 saturated carbocycles. The topological polar surface area (TPSA) is 64.6 Å². The number of hydrogen-bond donors (Lipinski definition) is 1. The first-order chi connectivity index (χ1) is 8.71. The summed E-state index contributed by atoms with van der Waals surface area (Å²) in [6.45, 7) is 9.39. The summed E-state index contributed by atoms with van der Waals surface area (Å²) in [4.78, 5) is 22.9. The lowest BCUT2D eigenvalue weighted by molar-refractivity contribution is -0.141. The number of ether oxygens (including phenoxy) is 2. The molecule has 0 aromatic rings. The van der Waals surface area contributed by atoms with Crippen LogP contribution < -0.4 is 5.32 Å². The maximum absolute atomic E-state index is 11.7. The van der Waals surface area contributed by atoms with Crippen LogP contribution in [0.2, 0.25) is 0 Å². The standard InChI is InChI=1S/C14H23NO4/c1-9-6-10(8-12(16)18-5)7-11(9)15-13(17)19-14(2,3)4/h10-11H,1,6-8H2,2-5H3,(H,15,17). The number of nitrogens with one attached hydrogen (secondary N) is 1. The molecule has 0 aromatic heterocycles. The van der Waals surface area contributed by atoms with Crippen LogP contribution in [0.3, 0.4) is 0 Å². The molecule has 5 nitrogen and oxygen atoms in total. The molecular weight excluding hydrogens is 246 g/mol. The molecule has 1 amide bonds. The number of carbonyl (C=O) groups is 2. The summed E-state index contributed by atoms with van der Waals surface area (Å²) < 4.78 is 9.85. The van der Waals surface area contributed by atoms with Gasteiger partial charge in [-0.3, -0.25) is 4.79 Å². The van der Waals surface area contributed by atoms with E-state index in [-0.39, 0.29) is 17.9 Å². The minimum Gasteiger partial charge on any atom is -0.469 e. The van der Waals surface area contributed by atoms with Crippen LogP contribution in [0.4, 0.5) is 4.79 Å². The molecule has 5 heteroatoms. The van der Waals surface area contributed by atoms with E-state index in [0.717, 1.165) is 12.0 Å². The summed E-state index contributed by atoms with van der Waals surface area (Å²) in [5.74, 6) is -0.0457. The third-order valence-electron chi connectivity index (χ3n) is 2.99. The highest BCUT2D eigenvalue weighted by Crippen LogP contribution is 2.32. The fraction of sp³-hybridized carbons (Fsp3) is 0.714. The lowest BCUT2D eigenvalue weighted by atomic mass is 10.0. The maximum Gasteiger partial charge on any atom is 0.408 e. The molecule has 1 N–H and O–H groups in total. The van der Waals surface area contributed by atoms with E-state index >= 15 is 0 Å². The Morgan fingerprint density at radius 2 is 2.05 bits per heavy atom. The third-order valence-corrected chi connectivity index (χ3v) is 2.99. The second-order valence-electron chi connectivity index (χ2n) is 5.94. The van der Waals surface area contributed by atoms with E-state index < -0.39 is 11.7 Å². The van der Waals surface area contributed by atoms with Gasteiger partial charge in [0.05, 0.1) is 13.2 Å². The number of methoxy groups -OCH3 is 1. The Kier molecular flexibility index (Phi) is 4.97. The van der Waals surface area contributed by atoms with Crippen LogP contribution in [0, 0.1) is 5.92 Å². The molecule has 1 aliphatic carbocycles. The highest BCUT2D eigenvalue weighted by molar-refractivity contribution is 5.70. The minimum atomic E-state index is -0.518. The van der Waals surface area contributed by atoms with Crippen molar-refractivity contribution in [3.05, 3.63) is 12.2 Å². The van der Waals surface area contributed by atoms with Crippen molar-refractivity contribution in [2.24, 2.45) is 5.92 Å². The quantitative estimate of drug-likeness (QED) is 0.631. The van der Waals surface area contributed by atoms with E-state index in [1.54, 1.807) is 0 Å². The number of alkyl carbamates (subject to hydrolysis) is 1. The van der Waals surface area contributed by atoms with Crippen molar-refractivity contribution in [3.63, 3.8) is 0 Å². The van der Waals surface area contributed by atoms with Gasteiger partial charge in [-0.1, -0.05) is 12.2 Å². The Hall–Kier alpha value is -1.52. The third kappa shape index (κ3) is 5.32. The van der Waals surface area contributed by atoms with Crippen LogP contribution in [0.15, 0.2) is 12.2 Å². The van der Waals surface area contributed by atoms with E-state index in [2.05, 4.69) is 16.6 Å². The second kappa shape index (κ2) is 6.08. The predicted octanol–water partition coefficient (Wildman–Crippen LogP) is 2.41. The molecule has 0 heterocycles. The number of rotatable bonds is 3. The van der Waals surface area contributed by atoms with Gasteiger partial charge in [-0.25, -0.2) is 4.79 Å². The summed E-state index contributed by atoms with van der Waals surface area (Å²) >= 11 is 0. The maximum atomic E-state index is 11.7. The molecule has 1 fully saturated rings. The van der Waals surface area contributed by atoms with Gasteiger partial charge in [0.2, 0.25) is 0 Å². The van der Waals surface area contributed by atoms with Crippen molar-refractivity contribution in [1.29, 1.82) is 0 Å². The molecule has 108 valence electrons. The zero-order chi connectivity index (χ0) is 14.6. The Labute approximate surface area is 114 Å². The fourth-order valence-electron chi connectivity index (χ4n) is 2.18. The van der Waals surface area contributed by atoms with Crippen LogP contribution >= 0.6 is 0 Å². The lowest BCUT2D eigenvalue weighted by Gasteiger charge is -2.22. The number of esters is 1. The van der Waals surface area contributed by atoms with Gasteiger partial charge in [0, 0.05) is 6.42 Å². The summed E-state index contributed by atoms with van der Waals surface area (Å²) in [6.07, 6.45) is 1.35. The van der Waals surface area contributed by atoms with Gasteiger partial charge < -0.3 is 14.8 Å². The summed E-state index contributed by atoms with van der Waals surface area (Å²) in [5, 5.41) is 2.79. The van der Waals surface area contributed by atoms with Gasteiger partial charge in [0.1, 0.15) is 5.60 Å². The molecule has 0 radical (unpaired) electrons. The lowest BCUT2D eigenvalue weighted by Crippen LogP contribution is -2.38. The van der Waals surface area contributed by atoms with Crippen molar-refractivity contribution in [3.8, 4) is 0 Å². The molecule has 1 aliphatic rings. The normalized spacial score (nSPS) is 23.1. The van der Waals surface area contributed by atoms with Gasteiger partial charge in [-0.15, -0.1) is 0 Å². The second-order valence-corrected chi connectivity index (χ2v) is 5.94. The van der Waals surface area contributed by atoms with Crippen molar-refractivity contribution >= 4 is 12.1 Å². The monoisotopic (exact) mass is 269 g/mol.